The van der Waals surface area contributed by atoms with Crippen LogP contribution in [0.4, 0.5) is 5.13 Å². The number of thiazole rings is 1. The molecular weight excluding hydrogens is 308 g/mol. The molecule has 0 radical (unpaired) electrons. The number of furan rings is 1. The van der Waals surface area contributed by atoms with E-state index >= 15 is 0 Å². The van der Waals surface area contributed by atoms with Crippen molar-refractivity contribution in [1.29, 1.82) is 0 Å². The number of fused-ring (bicyclic) bond motifs is 1. The van der Waals surface area contributed by atoms with Crippen molar-refractivity contribution >= 4 is 33.3 Å². The van der Waals surface area contributed by atoms with Crippen LogP contribution >= 0.6 is 11.3 Å². The Labute approximate surface area is 136 Å². The smallest absolute Gasteiger partial charge is 0.257 e. The lowest BCUT2D eigenvalue weighted by molar-refractivity contribution is 0.102. The summed E-state index contributed by atoms with van der Waals surface area (Å²) in [5.74, 6) is 0.527. The van der Waals surface area contributed by atoms with Gasteiger partial charge in [0.2, 0.25) is 0 Å². The van der Waals surface area contributed by atoms with Gasteiger partial charge in [-0.25, -0.2) is 4.98 Å². The first-order valence-corrected chi connectivity index (χ1v) is 7.98. The normalized spacial score (nSPS) is 10.8. The maximum Gasteiger partial charge on any atom is 0.257 e. The molecule has 2 aromatic carbocycles. The minimum Gasteiger partial charge on any atom is -0.454 e. The summed E-state index contributed by atoms with van der Waals surface area (Å²) >= 11 is 1.37. The summed E-state index contributed by atoms with van der Waals surface area (Å²) in [6, 6.07) is 18.8. The van der Waals surface area contributed by atoms with Gasteiger partial charge in [-0.05, 0) is 24.3 Å². The molecule has 23 heavy (non-hydrogen) atoms. The number of nitrogens with one attached hydrogen (secondary N) is 1. The standard InChI is InChI=1S/C18H12N2O2S/c21-17(12-6-2-1-3-7-12)20-18-19-14(11-23-18)16-10-13-8-4-5-9-15(13)22-16/h1-11H,(H,19,20,21). The van der Waals surface area contributed by atoms with Gasteiger partial charge in [0.1, 0.15) is 11.3 Å². The highest BCUT2D eigenvalue weighted by Gasteiger charge is 2.12. The fraction of sp³-hybridized carbons (Fsp3) is 0. The summed E-state index contributed by atoms with van der Waals surface area (Å²) < 4.78 is 5.79. The highest BCUT2D eigenvalue weighted by atomic mass is 32.1. The van der Waals surface area contributed by atoms with E-state index in [1.807, 2.05) is 53.9 Å². The van der Waals surface area contributed by atoms with Crippen molar-refractivity contribution in [2.75, 3.05) is 5.32 Å². The molecular formula is C18H12N2O2S. The molecule has 0 saturated carbocycles. The molecule has 0 unspecified atom stereocenters. The van der Waals surface area contributed by atoms with Crippen molar-refractivity contribution in [2.24, 2.45) is 0 Å². The van der Waals surface area contributed by atoms with E-state index in [0.29, 0.717) is 16.5 Å². The summed E-state index contributed by atoms with van der Waals surface area (Å²) in [4.78, 5) is 16.6. The largest absolute Gasteiger partial charge is 0.454 e. The molecule has 0 spiro atoms. The van der Waals surface area contributed by atoms with Crippen LogP contribution < -0.4 is 5.32 Å². The Bertz CT molecular complexity index is 940. The summed E-state index contributed by atoms with van der Waals surface area (Å²) in [6.45, 7) is 0. The monoisotopic (exact) mass is 320 g/mol. The molecule has 4 aromatic rings. The average Bonchev–Trinajstić information content (AvgIpc) is 3.21. The van der Waals surface area contributed by atoms with Crippen LogP contribution in [0.15, 0.2) is 70.5 Å². The molecule has 2 heterocycles. The zero-order valence-electron chi connectivity index (χ0n) is 12.0. The minimum absolute atomic E-state index is 0.170. The molecule has 0 aliphatic rings. The molecule has 2 aromatic heterocycles. The fourth-order valence-corrected chi connectivity index (χ4v) is 3.01. The number of hydrogen-bond donors (Lipinski definition) is 1. The lowest BCUT2D eigenvalue weighted by Crippen LogP contribution is -2.11. The SMILES string of the molecule is O=C(Nc1nc(-c2cc3ccccc3o2)cs1)c1ccccc1. The van der Waals surface area contributed by atoms with Crippen LogP contribution in [0.1, 0.15) is 10.4 Å². The Balaban J connectivity index is 1.58. The van der Waals surface area contributed by atoms with Crippen LogP contribution in [-0.2, 0) is 0 Å². The summed E-state index contributed by atoms with van der Waals surface area (Å²) in [7, 11) is 0. The van der Waals surface area contributed by atoms with E-state index in [4.69, 9.17) is 4.42 Å². The lowest BCUT2D eigenvalue weighted by atomic mass is 10.2. The van der Waals surface area contributed by atoms with Gasteiger partial charge in [0.15, 0.2) is 10.9 Å². The van der Waals surface area contributed by atoms with Gasteiger partial charge in [-0.3, -0.25) is 10.1 Å². The number of anilines is 1. The highest BCUT2D eigenvalue weighted by Crippen LogP contribution is 2.30. The molecule has 1 amide bonds. The number of nitrogens with zero attached hydrogens (tertiary/aromatic N) is 1. The van der Waals surface area contributed by atoms with Gasteiger partial charge in [0, 0.05) is 16.3 Å². The predicted octanol–water partition coefficient (Wildman–Crippen LogP) is 4.81. The van der Waals surface area contributed by atoms with Crippen LogP contribution in [0.2, 0.25) is 0 Å². The third-order valence-electron chi connectivity index (χ3n) is 3.44. The van der Waals surface area contributed by atoms with Crippen LogP contribution in [0.25, 0.3) is 22.4 Å². The zero-order chi connectivity index (χ0) is 15.6. The molecule has 0 atom stereocenters. The second-order valence-corrected chi connectivity index (χ2v) is 5.86. The summed E-state index contributed by atoms with van der Waals surface area (Å²) in [5.41, 5.74) is 2.15. The van der Waals surface area contributed by atoms with Gasteiger partial charge >= 0.3 is 0 Å². The predicted molar refractivity (Wildman–Crippen MR) is 91.7 cm³/mol. The number of rotatable bonds is 3. The van der Waals surface area contributed by atoms with Crippen molar-refractivity contribution < 1.29 is 9.21 Å². The number of amides is 1. The minimum atomic E-state index is -0.170. The van der Waals surface area contributed by atoms with E-state index in [0.717, 1.165) is 16.7 Å². The quantitative estimate of drug-likeness (QED) is 0.589. The molecule has 4 rings (SSSR count). The van der Waals surface area contributed by atoms with Gasteiger partial charge in [-0.1, -0.05) is 36.4 Å². The third-order valence-corrected chi connectivity index (χ3v) is 4.20. The number of carbonyl (C=O) groups excluding carboxylic acids is 1. The molecule has 1 N–H and O–H groups in total. The number of benzene rings is 2. The first-order valence-electron chi connectivity index (χ1n) is 7.10. The lowest BCUT2D eigenvalue weighted by Gasteiger charge is -2.00. The molecule has 5 heteroatoms. The van der Waals surface area contributed by atoms with Crippen molar-refractivity contribution in [3.8, 4) is 11.5 Å². The van der Waals surface area contributed by atoms with Crippen molar-refractivity contribution in [2.45, 2.75) is 0 Å². The summed E-state index contributed by atoms with van der Waals surface area (Å²) in [5, 5.41) is 6.27. The van der Waals surface area contributed by atoms with Crippen LogP contribution in [-0.4, -0.2) is 10.9 Å². The van der Waals surface area contributed by atoms with Gasteiger partial charge in [-0.15, -0.1) is 11.3 Å². The van der Waals surface area contributed by atoms with E-state index in [1.165, 1.54) is 11.3 Å². The van der Waals surface area contributed by atoms with E-state index < -0.39 is 0 Å². The van der Waals surface area contributed by atoms with Gasteiger partial charge < -0.3 is 4.42 Å². The molecule has 0 aliphatic heterocycles. The van der Waals surface area contributed by atoms with Crippen molar-refractivity contribution in [3.05, 3.63) is 71.6 Å². The van der Waals surface area contributed by atoms with Crippen LogP contribution in [0.3, 0.4) is 0 Å². The first kappa shape index (κ1) is 13.7. The van der Waals surface area contributed by atoms with Crippen molar-refractivity contribution in [3.63, 3.8) is 0 Å². The molecule has 0 bridgehead atoms. The maximum atomic E-state index is 12.1. The van der Waals surface area contributed by atoms with Crippen LogP contribution in [0.5, 0.6) is 0 Å². The fourth-order valence-electron chi connectivity index (χ4n) is 2.31. The Hall–Kier alpha value is -2.92. The Kier molecular flexibility index (Phi) is 3.40. The molecule has 0 saturated heterocycles. The van der Waals surface area contributed by atoms with E-state index in [-0.39, 0.29) is 5.91 Å². The second kappa shape index (κ2) is 5.70. The molecule has 112 valence electrons. The molecule has 0 fully saturated rings. The molecule has 4 nitrogen and oxygen atoms in total. The Morgan fingerprint density at radius 3 is 2.65 bits per heavy atom. The zero-order valence-corrected chi connectivity index (χ0v) is 12.8. The van der Waals surface area contributed by atoms with E-state index in [1.54, 1.807) is 12.1 Å². The topological polar surface area (TPSA) is 55.1 Å². The van der Waals surface area contributed by atoms with E-state index in [2.05, 4.69) is 10.3 Å². The summed E-state index contributed by atoms with van der Waals surface area (Å²) in [6.07, 6.45) is 0. The molecule has 0 aliphatic carbocycles. The maximum absolute atomic E-state index is 12.1. The third kappa shape index (κ3) is 2.74. The number of para-hydroxylation sites is 1. The average molecular weight is 320 g/mol. The van der Waals surface area contributed by atoms with Gasteiger partial charge in [0.25, 0.3) is 5.91 Å². The van der Waals surface area contributed by atoms with Gasteiger partial charge in [-0.2, -0.15) is 0 Å². The van der Waals surface area contributed by atoms with Gasteiger partial charge in [0.05, 0.1) is 0 Å². The van der Waals surface area contributed by atoms with E-state index in [9.17, 15) is 4.79 Å². The second-order valence-electron chi connectivity index (χ2n) is 5.01. The first-order chi connectivity index (χ1) is 11.3. The van der Waals surface area contributed by atoms with Crippen molar-refractivity contribution in [1.82, 2.24) is 4.98 Å². The Morgan fingerprint density at radius 2 is 1.83 bits per heavy atom. The Morgan fingerprint density at radius 1 is 1.04 bits per heavy atom. The number of carbonyl (C=O) groups is 1. The number of aromatic nitrogens is 1. The highest BCUT2D eigenvalue weighted by molar-refractivity contribution is 7.14. The number of hydrogen-bond acceptors (Lipinski definition) is 4. The van der Waals surface area contributed by atoms with Crippen LogP contribution in [0, 0.1) is 0 Å².